The van der Waals surface area contributed by atoms with Crippen LogP contribution < -0.4 is 10.6 Å². The summed E-state index contributed by atoms with van der Waals surface area (Å²) in [5.74, 6) is -0.104. The second kappa shape index (κ2) is 9.68. The monoisotopic (exact) mass is 365 g/mol. The molecule has 0 heterocycles. The van der Waals surface area contributed by atoms with Crippen molar-refractivity contribution >= 4 is 39.9 Å². The average molecular weight is 367 g/mol. The first-order chi connectivity index (χ1) is 9.04. The van der Waals surface area contributed by atoms with Gasteiger partial charge in [0.1, 0.15) is 0 Å². The maximum atomic E-state index is 11.7. The summed E-state index contributed by atoms with van der Waals surface area (Å²) in [5.41, 5.74) is 0.731. The molecular weight excluding hydrogens is 350 g/mol. The maximum absolute atomic E-state index is 11.7. The number of nitro benzene ring substituents is 1. The highest BCUT2D eigenvalue weighted by atomic mass is 79.9. The Morgan fingerprint density at radius 3 is 2.65 bits per heavy atom. The van der Waals surface area contributed by atoms with E-state index >= 15 is 0 Å². The third-order valence-corrected chi connectivity index (χ3v) is 3.21. The van der Waals surface area contributed by atoms with Gasteiger partial charge < -0.3 is 10.6 Å². The highest BCUT2D eigenvalue weighted by Crippen LogP contribution is 2.23. The van der Waals surface area contributed by atoms with E-state index in [1.807, 2.05) is 6.92 Å². The van der Waals surface area contributed by atoms with Crippen molar-refractivity contribution in [3.05, 3.63) is 38.3 Å². The number of rotatable bonds is 7. The fraction of sp³-hybridized carbons (Fsp3) is 0.417. The topological polar surface area (TPSA) is 84.3 Å². The molecule has 0 aliphatic heterocycles. The average Bonchev–Trinajstić information content (AvgIpc) is 2.37. The first-order valence-electron chi connectivity index (χ1n) is 5.94. The SMILES string of the molecule is CCNCCNC(=O)Cc1ccc([N+](=O)[O-])cc1Br.Cl. The van der Waals surface area contributed by atoms with E-state index in [9.17, 15) is 14.9 Å². The fourth-order valence-electron chi connectivity index (χ4n) is 1.50. The molecule has 0 aliphatic carbocycles. The molecule has 0 saturated carbocycles. The number of likely N-dealkylation sites (N-methyl/N-ethyl adjacent to an activating group) is 1. The highest BCUT2D eigenvalue weighted by molar-refractivity contribution is 9.10. The van der Waals surface area contributed by atoms with Crippen molar-refractivity contribution in [2.24, 2.45) is 0 Å². The molecule has 0 aliphatic rings. The molecule has 0 bridgehead atoms. The van der Waals surface area contributed by atoms with Crippen molar-refractivity contribution in [3.8, 4) is 0 Å². The summed E-state index contributed by atoms with van der Waals surface area (Å²) >= 11 is 3.24. The van der Waals surface area contributed by atoms with E-state index in [0.717, 1.165) is 18.7 Å². The van der Waals surface area contributed by atoms with E-state index in [1.54, 1.807) is 6.07 Å². The Morgan fingerprint density at radius 1 is 1.40 bits per heavy atom. The van der Waals surface area contributed by atoms with Crippen molar-refractivity contribution < 1.29 is 9.72 Å². The lowest BCUT2D eigenvalue weighted by atomic mass is 10.1. The Morgan fingerprint density at radius 2 is 2.10 bits per heavy atom. The molecule has 6 nitrogen and oxygen atoms in total. The van der Waals surface area contributed by atoms with E-state index < -0.39 is 4.92 Å². The number of amides is 1. The minimum Gasteiger partial charge on any atom is -0.355 e. The number of hydrogen-bond donors (Lipinski definition) is 2. The van der Waals surface area contributed by atoms with Crippen LogP contribution in [0.15, 0.2) is 22.7 Å². The molecule has 8 heteroatoms. The van der Waals surface area contributed by atoms with Crippen molar-refractivity contribution in [3.63, 3.8) is 0 Å². The third kappa shape index (κ3) is 6.31. The van der Waals surface area contributed by atoms with Crippen molar-refractivity contribution in [2.75, 3.05) is 19.6 Å². The predicted octanol–water partition coefficient (Wildman–Crippen LogP) is 2.05. The van der Waals surface area contributed by atoms with Gasteiger partial charge in [-0.3, -0.25) is 14.9 Å². The molecule has 1 aromatic rings. The number of carbonyl (C=O) groups is 1. The van der Waals surface area contributed by atoms with Gasteiger partial charge >= 0.3 is 0 Å². The van der Waals surface area contributed by atoms with Gasteiger partial charge in [-0.05, 0) is 12.1 Å². The van der Waals surface area contributed by atoms with Crippen molar-refractivity contribution in [1.29, 1.82) is 0 Å². The predicted molar refractivity (Wildman–Crippen MR) is 83.3 cm³/mol. The Kier molecular flexibility index (Phi) is 9.11. The quantitative estimate of drug-likeness (QED) is 0.439. The molecular formula is C12H17BrClN3O3. The van der Waals surface area contributed by atoms with Crippen molar-refractivity contribution in [2.45, 2.75) is 13.3 Å². The van der Waals surface area contributed by atoms with Crippen LogP contribution in [0.4, 0.5) is 5.69 Å². The number of nitrogens with one attached hydrogen (secondary N) is 2. The molecule has 0 aromatic heterocycles. The van der Waals surface area contributed by atoms with Gasteiger partial charge in [-0.15, -0.1) is 12.4 Å². The summed E-state index contributed by atoms with van der Waals surface area (Å²) in [5, 5.41) is 16.5. The zero-order valence-corrected chi connectivity index (χ0v) is 13.4. The number of halogens is 2. The number of benzene rings is 1. The summed E-state index contributed by atoms with van der Waals surface area (Å²) < 4.78 is 0.573. The van der Waals surface area contributed by atoms with Crippen LogP contribution in [0.1, 0.15) is 12.5 Å². The van der Waals surface area contributed by atoms with Crippen LogP contribution in [-0.2, 0) is 11.2 Å². The van der Waals surface area contributed by atoms with Gasteiger partial charge in [0.15, 0.2) is 0 Å². The van der Waals surface area contributed by atoms with E-state index in [2.05, 4.69) is 26.6 Å². The van der Waals surface area contributed by atoms with Crippen LogP contribution in [0.2, 0.25) is 0 Å². The smallest absolute Gasteiger partial charge is 0.270 e. The Labute approximate surface area is 132 Å². The molecule has 2 N–H and O–H groups in total. The van der Waals surface area contributed by atoms with Crippen LogP contribution in [0.25, 0.3) is 0 Å². The summed E-state index contributed by atoms with van der Waals surface area (Å²) in [6, 6.07) is 4.39. The first-order valence-corrected chi connectivity index (χ1v) is 6.74. The van der Waals surface area contributed by atoms with E-state index in [4.69, 9.17) is 0 Å². The van der Waals surface area contributed by atoms with E-state index in [1.165, 1.54) is 12.1 Å². The molecule has 0 radical (unpaired) electrons. The minimum atomic E-state index is -0.467. The Balaban J connectivity index is 0.00000361. The zero-order valence-electron chi connectivity index (χ0n) is 11.0. The highest BCUT2D eigenvalue weighted by Gasteiger charge is 2.11. The molecule has 0 spiro atoms. The molecule has 0 fully saturated rings. The molecule has 112 valence electrons. The van der Waals surface area contributed by atoms with Gasteiger partial charge in [-0.2, -0.15) is 0 Å². The van der Waals surface area contributed by atoms with Crippen LogP contribution in [-0.4, -0.2) is 30.5 Å². The number of non-ortho nitro benzene ring substituents is 1. The Bertz CT molecular complexity index is 471. The molecule has 0 atom stereocenters. The second-order valence-electron chi connectivity index (χ2n) is 3.91. The molecule has 1 rings (SSSR count). The maximum Gasteiger partial charge on any atom is 0.270 e. The van der Waals surface area contributed by atoms with Crippen LogP contribution in [0.3, 0.4) is 0 Å². The minimum absolute atomic E-state index is 0. The third-order valence-electron chi connectivity index (χ3n) is 2.47. The van der Waals surface area contributed by atoms with Gasteiger partial charge in [-0.1, -0.05) is 28.9 Å². The number of nitro groups is 1. The zero-order chi connectivity index (χ0) is 14.3. The second-order valence-corrected chi connectivity index (χ2v) is 4.77. The number of nitrogens with zero attached hydrogens (tertiary/aromatic N) is 1. The Hall–Kier alpha value is -1.18. The number of hydrogen-bond acceptors (Lipinski definition) is 4. The fourth-order valence-corrected chi connectivity index (χ4v) is 2.00. The summed E-state index contributed by atoms with van der Waals surface area (Å²) in [4.78, 5) is 21.8. The van der Waals surface area contributed by atoms with Crippen LogP contribution in [0, 0.1) is 10.1 Å². The van der Waals surface area contributed by atoms with E-state index in [-0.39, 0.29) is 30.4 Å². The van der Waals surface area contributed by atoms with Crippen molar-refractivity contribution in [1.82, 2.24) is 10.6 Å². The van der Waals surface area contributed by atoms with Gasteiger partial charge in [0.2, 0.25) is 5.91 Å². The van der Waals surface area contributed by atoms with Crippen LogP contribution >= 0.6 is 28.3 Å². The lowest BCUT2D eigenvalue weighted by Crippen LogP contribution is -2.32. The molecule has 1 amide bonds. The lowest BCUT2D eigenvalue weighted by molar-refractivity contribution is -0.384. The molecule has 0 saturated heterocycles. The summed E-state index contributed by atoms with van der Waals surface area (Å²) in [6.45, 7) is 4.15. The van der Waals surface area contributed by atoms with E-state index in [0.29, 0.717) is 11.0 Å². The molecule has 0 unspecified atom stereocenters. The standard InChI is InChI=1S/C12H16BrN3O3.ClH/c1-2-14-5-6-15-12(17)7-9-3-4-10(16(18)19)8-11(9)13;/h3-4,8,14H,2,5-7H2,1H3,(H,15,17);1H. The van der Waals surface area contributed by atoms with Gasteiger partial charge in [-0.25, -0.2) is 0 Å². The largest absolute Gasteiger partial charge is 0.355 e. The lowest BCUT2D eigenvalue weighted by Gasteiger charge is -2.07. The van der Waals surface area contributed by atoms with Gasteiger partial charge in [0.05, 0.1) is 11.3 Å². The summed E-state index contributed by atoms with van der Waals surface area (Å²) in [6.07, 6.45) is 0.199. The van der Waals surface area contributed by atoms with Crippen LogP contribution in [0.5, 0.6) is 0 Å². The first kappa shape index (κ1) is 18.8. The van der Waals surface area contributed by atoms with Gasteiger partial charge in [0, 0.05) is 29.7 Å². The van der Waals surface area contributed by atoms with Gasteiger partial charge in [0.25, 0.3) is 5.69 Å². The normalized spacial score (nSPS) is 9.70. The molecule has 1 aromatic carbocycles. The number of carbonyl (C=O) groups excluding carboxylic acids is 1. The molecule has 20 heavy (non-hydrogen) atoms. The summed E-state index contributed by atoms with van der Waals surface area (Å²) in [7, 11) is 0.